The molecule has 0 spiro atoms. The molecule has 0 aromatic heterocycles. The zero-order chi connectivity index (χ0) is 29.0. The predicted octanol–water partition coefficient (Wildman–Crippen LogP) is -0.346. The molecular formula is C25H45N7O6. The van der Waals surface area contributed by atoms with Gasteiger partial charge in [0.05, 0.1) is 12.6 Å². The van der Waals surface area contributed by atoms with Gasteiger partial charge in [-0.2, -0.15) is 0 Å². The van der Waals surface area contributed by atoms with Crippen molar-refractivity contribution in [2.45, 2.75) is 103 Å². The highest BCUT2D eigenvalue weighted by Gasteiger charge is 2.52. The molecule has 0 aromatic rings. The van der Waals surface area contributed by atoms with Gasteiger partial charge in [-0.15, -0.1) is 0 Å². The Balaban J connectivity index is 3.09. The summed E-state index contributed by atoms with van der Waals surface area (Å²) in [5.41, 5.74) is 15.3. The van der Waals surface area contributed by atoms with Crippen LogP contribution in [0.3, 0.4) is 0 Å². The van der Waals surface area contributed by atoms with Crippen molar-refractivity contribution in [3.63, 3.8) is 0 Å². The van der Waals surface area contributed by atoms with Crippen molar-refractivity contribution < 1.29 is 28.7 Å². The number of hydrogen-bond donors (Lipinski definition) is 5. The number of guanidine groups is 1. The highest BCUT2D eigenvalue weighted by Crippen LogP contribution is 2.37. The maximum Gasteiger partial charge on any atom is 0.332 e. The van der Waals surface area contributed by atoms with Crippen molar-refractivity contribution in [2.24, 2.45) is 28.1 Å². The molecule has 0 aromatic carbocycles. The SMILES string of the molecule is CCOC(=O)C1(N(C(C)=O)C(=O)[C@H](C)NC(=O)[C@H](CCCN=C(N)N)NC(=O)[C@@H](N)CC(C)C)CCCC1. The van der Waals surface area contributed by atoms with Gasteiger partial charge in [-0.1, -0.05) is 26.7 Å². The van der Waals surface area contributed by atoms with E-state index in [2.05, 4.69) is 15.6 Å². The monoisotopic (exact) mass is 539 g/mol. The molecule has 0 bridgehead atoms. The number of carbonyl (C=O) groups is 5. The van der Waals surface area contributed by atoms with Crippen LogP contribution in [0, 0.1) is 5.92 Å². The van der Waals surface area contributed by atoms with Crippen LogP contribution in [0.5, 0.6) is 0 Å². The molecule has 13 nitrogen and oxygen atoms in total. The molecule has 216 valence electrons. The van der Waals surface area contributed by atoms with Crippen LogP contribution in [0.4, 0.5) is 0 Å². The first kappa shape index (κ1) is 32.8. The molecule has 0 saturated heterocycles. The summed E-state index contributed by atoms with van der Waals surface area (Å²) in [5.74, 6) is -3.06. The van der Waals surface area contributed by atoms with E-state index < -0.39 is 53.3 Å². The molecule has 0 aliphatic heterocycles. The fourth-order valence-electron chi connectivity index (χ4n) is 4.65. The van der Waals surface area contributed by atoms with E-state index in [-0.39, 0.29) is 44.3 Å². The maximum absolute atomic E-state index is 13.5. The largest absolute Gasteiger partial charge is 0.464 e. The third kappa shape index (κ3) is 9.26. The molecule has 1 aliphatic carbocycles. The van der Waals surface area contributed by atoms with E-state index in [1.54, 1.807) is 6.92 Å². The Bertz CT molecular complexity index is 881. The Morgan fingerprint density at radius 1 is 1.03 bits per heavy atom. The van der Waals surface area contributed by atoms with Crippen LogP contribution in [0.2, 0.25) is 0 Å². The summed E-state index contributed by atoms with van der Waals surface area (Å²) in [6, 6.07) is -3.01. The molecule has 1 rings (SSSR count). The van der Waals surface area contributed by atoms with Crippen LogP contribution in [0.25, 0.3) is 0 Å². The first-order chi connectivity index (χ1) is 17.8. The lowest BCUT2D eigenvalue weighted by Gasteiger charge is -2.38. The first-order valence-electron chi connectivity index (χ1n) is 13.2. The Hall–Kier alpha value is -3.22. The number of nitrogens with one attached hydrogen (secondary N) is 2. The molecule has 8 N–H and O–H groups in total. The molecule has 0 heterocycles. The average Bonchev–Trinajstić information content (AvgIpc) is 3.30. The molecule has 1 fully saturated rings. The van der Waals surface area contributed by atoms with E-state index in [0.29, 0.717) is 25.7 Å². The van der Waals surface area contributed by atoms with E-state index >= 15 is 0 Å². The van der Waals surface area contributed by atoms with Crippen LogP contribution in [0.1, 0.15) is 79.6 Å². The van der Waals surface area contributed by atoms with E-state index in [9.17, 15) is 24.0 Å². The molecule has 1 saturated carbocycles. The minimum absolute atomic E-state index is 0.0972. The standard InChI is InChI=1S/C25H45N7O6/c1-6-38-23(37)25(11-7-8-12-25)32(17(5)33)22(36)16(4)30-21(35)19(10-9-13-29-24(27)28)31-20(34)18(26)14-15(2)3/h15-16,18-19H,6-14,26H2,1-5H3,(H,30,35)(H,31,34)(H4,27,28,29)/t16-,18-,19-/m0/s1. The maximum atomic E-state index is 13.5. The molecule has 0 radical (unpaired) electrons. The van der Waals surface area contributed by atoms with Gasteiger partial charge in [0, 0.05) is 13.5 Å². The number of aliphatic imine (C=N–C) groups is 1. The van der Waals surface area contributed by atoms with Gasteiger partial charge >= 0.3 is 5.97 Å². The zero-order valence-electron chi connectivity index (χ0n) is 23.2. The number of carbonyl (C=O) groups excluding carboxylic acids is 5. The van der Waals surface area contributed by atoms with Crippen LogP contribution in [-0.2, 0) is 28.7 Å². The van der Waals surface area contributed by atoms with Crippen molar-refractivity contribution >= 4 is 35.6 Å². The summed E-state index contributed by atoms with van der Waals surface area (Å²) >= 11 is 0. The lowest BCUT2D eigenvalue weighted by Crippen LogP contribution is -2.62. The highest BCUT2D eigenvalue weighted by atomic mass is 16.5. The van der Waals surface area contributed by atoms with Crippen LogP contribution < -0.4 is 27.8 Å². The molecule has 0 unspecified atom stereocenters. The van der Waals surface area contributed by atoms with Gasteiger partial charge in [0.25, 0.3) is 5.91 Å². The first-order valence-corrected chi connectivity index (χ1v) is 13.2. The Kier molecular flexibility index (Phi) is 13.2. The van der Waals surface area contributed by atoms with Gasteiger partial charge in [-0.25, -0.2) is 4.79 Å². The van der Waals surface area contributed by atoms with Crippen molar-refractivity contribution in [1.29, 1.82) is 0 Å². The third-order valence-corrected chi connectivity index (χ3v) is 6.42. The zero-order valence-corrected chi connectivity index (χ0v) is 23.2. The predicted molar refractivity (Wildman–Crippen MR) is 142 cm³/mol. The van der Waals surface area contributed by atoms with Gasteiger partial charge in [0.15, 0.2) is 5.96 Å². The minimum atomic E-state index is -1.41. The second kappa shape index (κ2) is 15.3. The molecule has 1 aliphatic rings. The van der Waals surface area contributed by atoms with Crippen molar-refractivity contribution in [3.8, 4) is 0 Å². The number of esters is 1. The van der Waals surface area contributed by atoms with Gasteiger partial charge in [-0.05, 0) is 51.9 Å². The molecule has 13 heteroatoms. The fourth-order valence-corrected chi connectivity index (χ4v) is 4.65. The second-order valence-electron chi connectivity index (χ2n) is 10.1. The van der Waals surface area contributed by atoms with Crippen LogP contribution in [0.15, 0.2) is 4.99 Å². The van der Waals surface area contributed by atoms with Crippen LogP contribution in [-0.4, -0.2) is 77.3 Å². The van der Waals surface area contributed by atoms with Gasteiger partial charge in [-0.3, -0.25) is 29.1 Å². The summed E-state index contributed by atoms with van der Waals surface area (Å²) in [6.07, 6.45) is 2.83. The lowest BCUT2D eigenvalue weighted by atomic mass is 9.93. The van der Waals surface area contributed by atoms with Gasteiger partial charge in [0.2, 0.25) is 17.7 Å². The van der Waals surface area contributed by atoms with Crippen LogP contribution >= 0.6 is 0 Å². The van der Waals surface area contributed by atoms with Crippen molar-refractivity contribution in [3.05, 3.63) is 0 Å². The summed E-state index contributed by atoms with van der Waals surface area (Å²) in [6.45, 7) is 8.46. The summed E-state index contributed by atoms with van der Waals surface area (Å²) < 4.78 is 5.21. The summed E-state index contributed by atoms with van der Waals surface area (Å²) in [7, 11) is 0. The number of ether oxygens (including phenoxy) is 1. The quantitative estimate of drug-likeness (QED) is 0.0843. The highest BCUT2D eigenvalue weighted by molar-refractivity contribution is 6.04. The molecule has 38 heavy (non-hydrogen) atoms. The number of amides is 4. The minimum Gasteiger partial charge on any atom is -0.464 e. The number of imide groups is 1. The number of hydrogen-bond acceptors (Lipinski definition) is 8. The van der Waals surface area contributed by atoms with E-state index in [1.165, 1.54) is 13.8 Å². The van der Waals surface area contributed by atoms with Gasteiger partial charge in [0.1, 0.15) is 17.6 Å². The number of nitrogens with two attached hydrogens (primary N) is 3. The average molecular weight is 540 g/mol. The molecule has 3 atom stereocenters. The van der Waals surface area contributed by atoms with Gasteiger partial charge < -0.3 is 32.6 Å². The third-order valence-electron chi connectivity index (χ3n) is 6.42. The van der Waals surface area contributed by atoms with Crippen molar-refractivity contribution in [1.82, 2.24) is 15.5 Å². The fraction of sp³-hybridized carbons (Fsp3) is 0.760. The van der Waals surface area contributed by atoms with E-state index in [4.69, 9.17) is 21.9 Å². The topological polar surface area (TPSA) is 212 Å². The normalized spacial score (nSPS) is 16.6. The lowest BCUT2D eigenvalue weighted by molar-refractivity contribution is -0.170. The smallest absolute Gasteiger partial charge is 0.332 e. The number of rotatable bonds is 14. The molecular weight excluding hydrogens is 494 g/mol. The Labute approximate surface area is 224 Å². The summed E-state index contributed by atoms with van der Waals surface area (Å²) in [4.78, 5) is 69.6. The second-order valence-corrected chi connectivity index (χ2v) is 10.1. The Morgan fingerprint density at radius 2 is 1.63 bits per heavy atom. The van der Waals surface area contributed by atoms with Crippen molar-refractivity contribution in [2.75, 3.05) is 13.2 Å². The van der Waals surface area contributed by atoms with E-state index in [0.717, 1.165) is 4.90 Å². The Morgan fingerprint density at radius 3 is 2.13 bits per heavy atom. The van der Waals surface area contributed by atoms with E-state index in [1.807, 2.05) is 13.8 Å². The molecule has 4 amide bonds. The summed E-state index contributed by atoms with van der Waals surface area (Å²) in [5, 5.41) is 5.24. The number of nitrogens with zero attached hydrogens (tertiary/aromatic N) is 2.